The van der Waals surface area contributed by atoms with Crippen LogP contribution in [-0.4, -0.2) is 33.9 Å². The van der Waals surface area contributed by atoms with Crippen molar-refractivity contribution in [2.24, 2.45) is 0 Å². The molecule has 0 fully saturated rings. The van der Waals surface area contributed by atoms with Crippen LogP contribution in [0.2, 0.25) is 0 Å². The van der Waals surface area contributed by atoms with Crippen LogP contribution < -0.4 is 4.74 Å². The molecule has 0 bridgehead atoms. The first-order valence-corrected chi connectivity index (χ1v) is 6.32. The SMILES string of the molecule is COc1cc(C)c(S(=O)(=O)N(C)C)cc1C. The lowest BCUT2D eigenvalue weighted by molar-refractivity contribution is 0.410. The second-order valence-corrected chi connectivity index (χ2v) is 6.00. The molecule has 0 aliphatic rings. The van der Waals surface area contributed by atoms with E-state index in [0.29, 0.717) is 16.2 Å². The van der Waals surface area contributed by atoms with Crippen LogP contribution in [0.25, 0.3) is 0 Å². The van der Waals surface area contributed by atoms with Crippen LogP contribution in [0.3, 0.4) is 0 Å². The predicted octanol–water partition coefficient (Wildman–Crippen LogP) is 1.56. The Morgan fingerprint density at radius 1 is 1.12 bits per heavy atom. The number of hydrogen-bond donors (Lipinski definition) is 0. The van der Waals surface area contributed by atoms with Crippen LogP contribution in [0.1, 0.15) is 11.1 Å². The van der Waals surface area contributed by atoms with Crippen molar-refractivity contribution in [2.75, 3.05) is 21.2 Å². The molecule has 0 amide bonds. The lowest BCUT2D eigenvalue weighted by Gasteiger charge is -2.15. The number of rotatable bonds is 3. The standard InChI is InChI=1S/C11H17NO3S/c1-8-7-11(16(13,14)12(3)4)9(2)6-10(8)15-5/h6-7H,1-5H3. The van der Waals surface area contributed by atoms with Crippen LogP contribution >= 0.6 is 0 Å². The van der Waals surface area contributed by atoms with Gasteiger partial charge in [0.15, 0.2) is 0 Å². The van der Waals surface area contributed by atoms with Gasteiger partial charge in [0.2, 0.25) is 10.0 Å². The van der Waals surface area contributed by atoms with E-state index in [-0.39, 0.29) is 0 Å². The summed E-state index contributed by atoms with van der Waals surface area (Å²) in [6.45, 7) is 3.59. The second-order valence-electron chi connectivity index (χ2n) is 3.87. The maximum Gasteiger partial charge on any atom is 0.242 e. The quantitative estimate of drug-likeness (QED) is 0.809. The van der Waals surface area contributed by atoms with Gasteiger partial charge in [-0.1, -0.05) is 0 Å². The third kappa shape index (κ3) is 2.20. The smallest absolute Gasteiger partial charge is 0.242 e. The molecule has 90 valence electrons. The van der Waals surface area contributed by atoms with E-state index in [1.165, 1.54) is 18.4 Å². The molecule has 0 saturated carbocycles. The topological polar surface area (TPSA) is 46.6 Å². The van der Waals surface area contributed by atoms with Gasteiger partial charge >= 0.3 is 0 Å². The number of sulfonamides is 1. The molecule has 0 unspecified atom stereocenters. The van der Waals surface area contributed by atoms with Gasteiger partial charge in [0, 0.05) is 14.1 Å². The van der Waals surface area contributed by atoms with Gasteiger partial charge in [-0.2, -0.15) is 0 Å². The van der Waals surface area contributed by atoms with Crippen molar-refractivity contribution >= 4 is 10.0 Å². The summed E-state index contributed by atoms with van der Waals surface area (Å²) in [5.74, 6) is 0.704. The molecule has 0 aromatic heterocycles. The number of hydrogen-bond acceptors (Lipinski definition) is 3. The number of nitrogens with zero attached hydrogens (tertiary/aromatic N) is 1. The maximum atomic E-state index is 12.0. The number of ether oxygens (including phenoxy) is 1. The predicted molar refractivity (Wildman–Crippen MR) is 63.3 cm³/mol. The molecule has 0 atom stereocenters. The van der Waals surface area contributed by atoms with Gasteiger partial charge in [-0.3, -0.25) is 0 Å². The molecule has 16 heavy (non-hydrogen) atoms. The number of methoxy groups -OCH3 is 1. The van der Waals surface area contributed by atoms with Crippen molar-refractivity contribution in [1.29, 1.82) is 0 Å². The third-order valence-electron chi connectivity index (χ3n) is 2.45. The molecule has 0 N–H and O–H groups in total. The average molecular weight is 243 g/mol. The fourth-order valence-corrected chi connectivity index (χ4v) is 2.64. The Balaban J connectivity index is 3.44. The summed E-state index contributed by atoms with van der Waals surface area (Å²) in [7, 11) is 1.24. The van der Waals surface area contributed by atoms with Crippen molar-refractivity contribution in [2.45, 2.75) is 18.7 Å². The van der Waals surface area contributed by atoms with Gasteiger partial charge < -0.3 is 4.74 Å². The van der Waals surface area contributed by atoms with Gasteiger partial charge in [-0.05, 0) is 37.1 Å². The Hall–Kier alpha value is -1.07. The Morgan fingerprint density at radius 2 is 1.69 bits per heavy atom. The zero-order valence-electron chi connectivity index (χ0n) is 10.2. The van der Waals surface area contributed by atoms with Gasteiger partial charge in [-0.25, -0.2) is 12.7 Å². The minimum atomic E-state index is -3.38. The number of aryl methyl sites for hydroxylation is 2. The Labute approximate surface area is 96.9 Å². The van der Waals surface area contributed by atoms with Gasteiger partial charge in [0.25, 0.3) is 0 Å². The van der Waals surface area contributed by atoms with Crippen LogP contribution in [0.4, 0.5) is 0 Å². The van der Waals surface area contributed by atoms with Gasteiger partial charge in [-0.15, -0.1) is 0 Å². The van der Waals surface area contributed by atoms with Crippen LogP contribution in [0, 0.1) is 13.8 Å². The van der Waals surface area contributed by atoms with Crippen molar-refractivity contribution in [1.82, 2.24) is 4.31 Å². The normalized spacial score (nSPS) is 11.9. The molecular weight excluding hydrogens is 226 g/mol. The van der Waals surface area contributed by atoms with Crippen LogP contribution in [0.5, 0.6) is 5.75 Å². The Kier molecular flexibility index (Phi) is 3.60. The lowest BCUT2D eigenvalue weighted by atomic mass is 10.1. The third-order valence-corrected chi connectivity index (χ3v) is 4.41. The minimum absolute atomic E-state index is 0.329. The van der Waals surface area contributed by atoms with E-state index in [0.717, 1.165) is 5.56 Å². The Bertz CT molecular complexity index is 492. The summed E-state index contributed by atoms with van der Waals surface area (Å²) < 4.78 is 30.3. The van der Waals surface area contributed by atoms with Gasteiger partial charge in [0.05, 0.1) is 12.0 Å². The molecule has 0 radical (unpaired) electrons. The first-order chi connectivity index (χ1) is 7.30. The molecule has 0 spiro atoms. The second kappa shape index (κ2) is 4.43. The van der Waals surface area contributed by atoms with E-state index in [2.05, 4.69) is 0 Å². The van der Waals surface area contributed by atoms with Crippen molar-refractivity contribution in [3.63, 3.8) is 0 Å². The fourth-order valence-electron chi connectivity index (χ4n) is 1.46. The van der Waals surface area contributed by atoms with Crippen molar-refractivity contribution in [3.05, 3.63) is 23.3 Å². The van der Waals surface area contributed by atoms with E-state index < -0.39 is 10.0 Å². The summed E-state index contributed by atoms with van der Waals surface area (Å²) in [4.78, 5) is 0.329. The van der Waals surface area contributed by atoms with Crippen molar-refractivity contribution in [3.8, 4) is 5.75 Å². The van der Waals surface area contributed by atoms with E-state index in [9.17, 15) is 8.42 Å². The van der Waals surface area contributed by atoms with Crippen LogP contribution in [0.15, 0.2) is 17.0 Å². The monoisotopic (exact) mass is 243 g/mol. The zero-order chi connectivity index (χ0) is 12.5. The molecule has 0 aliphatic carbocycles. The highest BCUT2D eigenvalue weighted by Crippen LogP contribution is 2.26. The summed E-state index contributed by atoms with van der Waals surface area (Å²) >= 11 is 0. The van der Waals surface area contributed by atoms with E-state index in [4.69, 9.17) is 4.74 Å². The molecule has 0 aliphatic heterocycles. The van der Waals surface area contributed by atoms with E-state index in [1.807, 2.05) is 6.92 Å². The molecule has 1 aromatic rings. The average Bonchev–Trinajstić information content (AvgIpc) is 2.20. The molecule has 1 rings (SSSR count). The van der Waals surface area contributed by atoms with Gasteiger partial charge in [0.1, 0.15) is 5.75 Å². The molecule has 4 nitrogen and oxygen atoms in total. The molecular formula is C11H17NO3S. The summed E-state index contributed by atoms with van der Waals surface area (Å²) in [5, 5.41) is 0. The summed E-state index contributed by atoms with van der Waals surface area (Å²) in [6.07, 6.45) is 0. The zero-order valence-corrected chi connectivity index (χ0v) is 11.1. The maximum absolute atomic E-state index is 12.0. The molecule has 0 saturated heterocycles. The summed E-state index contributed by atoms with van der Waals surface area (Å²) in [6, 6.07) is 3.38. The van der Waals surface area contributed by atoms with E-state index in [1.54, 1.807) is 26.2 Å². The highest BCUT2D eigenvalue weighted by Gasteiger charge is 2.20. The largest absolute Gasteiger partial charge is 0.496 e. The fraction of sp³-hybridized carbons (Fsp3) is 0.455. The molecule has 1 aromatic carbocycles. The molecule has 0 heterocycles. The Morgan fingerprint density at radius 3 is 2.12 bits per heavy atom. The minimum Gasteiger partial charge on any atom is -0.496 e. The first-order valence-electron chi connectivity index (χ1n) is 4.88. The highest BCUT2D eigenvalue weighted by atomic mass is 32.2. The molecule has 5 heteroatoms. The first kappa shape index (κ1) is 13.0. The van der Waals surface area contributed by atoms with Crippen LogP contribution in [-0.2, 0) is 10.0 Å². The van der Waals surface area contributed by atoms with Crippen molar-refractivity contribution < 1.29 is 13.2 Å². The number of benzene rings is 1. The van der Waals surface area contributed by atoms with E-state index >= 15 is 0 Å². The highest BCUT2D eigenvalue weighted by molar-refractivity contribution is 7.89. The summed E-state index contributed by atoms with van der Waals surface area (Å²) in [5.41, 5.74) is 1.50. The lowest BCUT2D eigenvalue weighted by Crippen LogP contribution is -2.23.